The minimum atomic E-state index is -0.365. The summed E-state index contributed by atoms with van der Waals surface area (Å²) in [6.45, 7) is 5.51. The molecule has 3 aromatic rings. The SMILES string of the molecule is C/C=C/Cn1c(=O)c2c(nc3n2CCCN3c2ccc(C)c(Cl)c2)n(C)c1=O. The molecule has 0 unspecified atom stereocenters. The van der Waals surface area contributed by atoms with E-state index in [0.717, 1.165) is 24.2 Å². The summed E-state index contributed by atoms with van der Waals surface area (Å²) in [5, 5.41) is 0.687. The molecule has 0 spiro atoms. The van der Waals surface area contributed by atoms with Gasteiger partial charge in [0.15, 0.2) is 11.2 Å². The van der Waals surface area contributed by atoms with E-state index in [1.807, 2.05) is 42.7 Å². The number of hydrogen-bond donors (Lipinski definition) is 0. The van der Waals surface area contributed by atoms with Crippen LogP contribution in [0.1, 0.15) is 18.9 Å². The molecule has 146 valence electrons. The number of rotatable bonds is 3. The van der Waals surface area contributed by atoms with E-state index in [1.54, 1.807) is 13.1 Å². The van der Waals surface area contributed by atoms with Gasteiger partial charge < -0.3 is 9.47 Å². The van der Waals surface area contributed by atoms with Crippen molar-refractivity contribution in [1.82, 2.24) is 18.7 Å². The lowest BCUT2D eigenvalue weighted by atomic mass is 10.2. The Bertz CT molecular complexity index is 1220. The molecule has 1 aliphatic rings. The quantitative estimate of drug-likeness (QED) is 0.635. The highest BCUT2D eigenvalue weighted by Crippen LogP contribution is 2.33. The topological polar surface area (TPSA) is 65.1 Å². The van der Waals surface area contributed by atoms with Gasteiger partial charge in [-0.15, -0.1) is 0 Å². The van der Waals surface area contributed by atoms with E-state index in [9.17, 15) is 9.59 Å². The first-order valence-corrected chi connectivity index (χ1v) is 9.66. The number of fused-ring (bicyclic) bond motifs is 3. The van der Waals surface area contributed by atoms with Gasteiger partial charge in [-0.2, -0.15) is 4.98 Å². The highest BCUT2D eigenvalue weighted by Gasteiger charge is 2.27. The molecule has 0 amide bonds. The summed E-state index contributed by atoms with van der Waals surface area (Å²) in [7, 11) is 1.66. The largest absolute Gasteiger partial charge is 0.332 e. The molecule has 0 atom stereocenters. The predicted molar refractivity (Wildman–Crippen MR) is 112 cm³/mol. The number of benzene rings is 1. The summed E-state index contributed by atoms with van der Waals surface area (Å²) in [6.07, 6.45) is 4.48. The van der Waals surface area contributed by atoms with Crippen molar-refractivity contribution in [3.63, 3.8) is 0 Å². The molecule has 1 aromatic carbocycles. The lowest BCUT2D eigenvalue weighted by molar-refractivity contribution is 0.598. The summed E-state index contributed by atoms with van der Waals surface area (Å²) in [6, 6.07) is 5.88. The van der Waals surface area contributed by atoms with Crippen LogP contribution in [0.25, 0.3) is 11.2 Å². The first-order chi connectivity index (χ1) is 13.4. The average molecular weight is 400 g/mol. The van der Waals surface area contributed by atoms with Gasteiger partial charge in [0.1, 0.15) is 0 Å². The Hall–Kier alpha value is -2.80. The number of imidazole rings is 1. The van der Waals surface area contributed by atoms with E-state index in [0.29, 0.717) is 28.7 Å². The van der Waals surface area contributed by atoms with Crippen molar-refractivity contribution < 1.29 is 0 Å². The second-order valence-corrected chi connectivity index (χ2v) is 7.41. The number of hydrogen-bond acceptors (Lipinski definition) is 4. The number of aromatic nitrogens is 4. The zero-order valence-corrected chi connectivity index (χ0v) is 16.9. The number of allylic oxidation sites excluding steroid dienone is 2. The molecule has 0 saturated heterocycles. The van der Waals surface area contributed by atoms with Crippen molar-refractivity contribution in [2.24, 2.45) is 7.05 Å². The first kappa shape index (κ1) is 18.6. The van der Waals surface area contributed by atoms with Crippen LogP contribution in [0.3, 0.4) is 0 Å². The maximum Gasteiger partial charge on any atom is 0.332 e. The van der Waals surface area contributed by atoms with Crippen molar-refractivity contribution in [3.05, 3.63) is 61.8 Å². The summed E-state index contributed by atoms with van der Waals surface area (Å²) >= 11 is 6.32. The van der Waals surface area contributed by atoms with Crippen molar-refractivity contribution in [2.45, 2.75) is 33.4 Å². The molecule has 0 aliphatic carbocycles. The summed E-state index contributed by atoms with van der Waals surface area (Å²) in [5.41, 5.74) is 2.13. The molecule has 3 heterocycles. The van der Waals surface area contributed by atoms with Gasteiger partial charge in [-0.3, -0.25) is 13.9 Å². The Labute approximate surface area is 167 Å². The highest BCUT2D eigenvalue weighted by molar-refractivity contribution is 6.31. The van der Waals surface area contributed by atoms with Crippen LogP contribution in [-0.2, 0) is 20.1 Å². The Kier molecular flexibility index (Phi) is 4.63. The van der Waals surface area contributed by atoms with E-state index < -0.39 is 0 Å². The molecule has 2 aromatic heterocycles. The maximum absolute atomic E-state index is 13.1. The Morgan fingerprint density at radius 1 is 1.25 bits per heavy atom. The second kappa shape index (κ2) is 6.98. The zero-order valence-electron chi connectivity index (χ0n) is 16.1. The van der Waals surface area contributed by atoms with Gasteiger partial charge >= 0.3 is 5.69 Å². The number of aryl methyl sites for hydroxylation is 3. The van der Waals surface area contributed by atoms with Crippen LogP contribution in [0.15, 0.2) is 39.9 Å². The van der Waals surface area contributed by atoms with Crippen molar-refractivity contribution in [1.29, 1.82) is 0 Å². The molecule has 7 nitrogen and oxygen atoms in total. The van der Waals surface area contributed by atoms with E-state index in [-0.39, 0.29) is 17.8 Å². The van der Waals surface area contributed by atoms with E-state index in [2.05, 4.69) is 9.88 Å². The van der Waals surface area contributed by atoms with E-state index >= 15 is 0 Å². The third-order valence-electron chi connectivity index (χ3n) is 5.21. The fourth-order valence-electron chi connectivity index (χ4n) is 3.63. The molecule has 0 bridgehead atoms. The molecule has 0 radical (unpaired) electrons. The summed E-state index contributed by atoms with van der Waals surface area (Å²) in [4.78, 5) is 32.5. The van der Waals surface area contributed by atoms with Crippen molar-refractivity contribution in [3.8, 4) is 0 Å². The second-order valence-electron chi connectivity index (χ2n) is 7.00. The molecule has 28 heavy (non-hydrogen) atoms. The third-order valence-corrected chi connectivity index (χ3v) is 5.62. The van der Waals surface area contributed by atoms with Crippen molar-refractivity contribution >= 4 is 34.4 Å². The Morgan fingerprint density at radius 3 is 2.75 bits per heavy atom. The van der Waals surface area contributed by atoms with Gasteiger partial charge in [0.05, 0.1) is 0 Å². The van der Waals surface area contributed by atoms with Crippen molar-refractivity contribution in [2.75, 3.05) is 11.4 Å². The predicted octanol–water partition coefficient (Wildman–Crippen LogP) is 2.98. The zero-order chi connectivity index (χ0) is 20.0. The third kappa shape index (κ3) is 2.77. The normalized spacial score (nSPS) is 14.2. The standard InChI is InChI=1S/C20H22ClN5O2/c1-4-5-9-26-18(27)16-17(23(3)20(26)28)22-19-24(10-6-11-25(16)19)14-8-7-13(2)15(21)12-14/h4-5,7-8,12H,6,9-11H2,1-3H3/b5-4+. The van der Waals surface area contributed by atoms with Gasteiger partial charge in [-0.05, 0) is 38.0 Å². The first-order valence-electron chi connectivity index (χ1n) is 9.29. The number of nitrogens with zero attached hydrogens (tertiary/aromatic N) is 5. The molecular formula is C20H22ClN5O2. The minimum absolute atomic E-state index is 0.246. The minimum Gasteiger partial charge on any atom is -0.312 e. The molecule has 4 rings (SSSR count). The van der Waals surface area contributed by atoms with E-state index in [1.165, 1.54) is 9.13 Å². The van der Waals surface area contributed by atoms with Crippen LogP contribution in [0.5, 0.6) is 0 Å². The fraction of sp³-hybridized carbons (Fsp3) is 0.350. The molecule has 8 heteroatoms. The van der Waals surface area contributed by atoms with Crippen LogP contribution < -0.4 is 16.1 Å². The van der Waals surface area contributed by atoms with Gasteiger partial charge in [-0.25, -0.2) is 4.79 Å². The highest BCUT2D eigenvalue weighted by atomic mass is 35.5. The molecule has 0 fully saturated rings. The summed E-state index contributed by atoms with van der Waals surface area (Å²) in [5.74, 6) is 0.664. The molecule has 1 aliphatic heterocycles. The lowest BCUT2D eigenvalue weighted by Crippen LogP contribution is -2.39. The maximum atomic E-state index is 13.1. The van der Waals surface area contributed by atoms with Gasteiger partial charge in [0.2, 0.25) is 5.95 Å². The van der Waals surface area contributed by atoms with Crippen LogP contribution in [-0.4, -0.2) is 25.2 Å². The lowest BCUT2D eigenvalue weighted by Gasteiger charge is -2.29. The van der Waals surface area contributed by atoms with Gasteiger partial charge in [-0.1, -0.05) is 29.8 Å². The van der Waals surface area contributed by atoms with Crippen LogP contribution >= 0.6 is 11.6 Å². The fourth-order valence-corrected chi connectivity index (χ4v) is 3.81. The van der Waals surface area contributed by atoms with E-state index in [4.69, 9.17) is 11.6 Å². The number of halogens is 1. The Balaban J connectivity index is 1.96. The van der Waals surface area contributed by atoms with Gasteiger partial charge in [0.25, 0.3) is 5.56 Å². The molecule has 0 N–H and O–H groups in total. The molecular weight excluding hydrogens is 378 g/mol. The smallest absolute Gasteiger partial charge is 0.312 e. The van der Waals surface area contributed by atoms with Crippen LogP contribution in [0, 0.1) is 6.92 Å². The number of anilines is 2. The monoisotopic (exact) mass is 399 g/mol. The van der Waals surface area contributed by atoms with Crippen LogP contribution in [0.4, 0.5) is 11.6 Å². The van der Waals surface area contributed by atoms with Crippen LogP contribution in [0.2, 0.25) is 5.02 Å². The van der Waals surface area contributed by atoms with Gasteiger partial charge in [0, 0.05) is 37.4 Å². The summed E-state index contributed by atoms with van der Waals surface area (Å²) < 4.78 is 4.62. The average Bonchev–Trinajstić information content (AvgIpc) is 3.08. The Morgan fingerprint density at radius 2 is 2.04 bits per heavy atom. The molecule has 0 saturated carbocycles.